The number of nitrogens with zero attached hydrogens (tertiary/aromatic N) is 4. The number of amides is 2. The van der Waals surface area contributed by atoms with Gasteiger partial charge in [-0.15, -0.1) is 23.5 Å². The lowest BCUT2D eigenvalue weighted by Gasteiger charge is -2.31. The molecule has 22 heteroatoms. The van der Waals surface area contributed by atoms with Crippen LogP contribution >= 0.6 is 45.1 Å². The van der Waals surface area contributed by atoms with Crippen molar-refractivity contribution in [3.63, 3.8) is 0 Å². The Kier molecular flexibility index (Phi) is 17.5. The first-order chi connectivity index (χ1) is 29.0. The number of hydrogen-bond acceptors (Lipinski definition) is 18. The third-order valence-electron chi connectivity index (χ3n) is 9.36. The van der Waals surface area contributed by atoms with Crippen LogP contribution in [0.25, 0.3) is 0 Å². The molecule has 2 aliphatic rings. The molecule has 0 saturated carbocycles. The van der Waals surface area contributed by atoms with Crippen molar-refractivity contribution < 1.29 is 57.6 Å². The summed E-state index contributed by atoms with van der Waals surface area (Å²) in [6.07, 6.45) is 0. The summed E-state index contributed by atoms with van der Waals surface area (Å²) in [4.78, 5) is 104. The maximum atomic E-state index is 14.2. The van der Waals surface area contributed by atoms with Crippen LogP contribution in [-0.4, -0.2) is 104 Å². The summed E-state index contributed by atoms with van der Waals surface area (Å²) in [7, 11) is 2.61. The minimum atomic E-state index is -1.09. The van der Waals surface area contributed by atoms with Crippen molar-refractivity contribution in [3.8, 4) is 0 Å². The van der Waals surface area contributed by atoms with Crippen LogP contribution < -0.4 is 0 Å². The first-order valence-corrected chi connectivity index (χ1v) is 23.9. The van der Waals surface area contributed by atoms with Gasteiger partial charge in [-0.25, -0.2) is 9.59 Å². The van der Waals surface area contributed by atoms with Crippen molar-refractivity contribution >= 4 is 92.2 Å². The van der Waals surface area contributed by atoms with E-state index >= 15 is 0 Å². The molecule has 0 bridgehead atoms. The molecule has 2 unspecified atom stereocenters. The van der Waals surface area contributed by atoms with Crippen LogP contribution in [0.3, 0.4) is 0 Å². The number of non-ortho nitro benzene ring substituents is 2. The summed E-state index contributed by atoms with van der Waals surface area (Å²) in [5.41, 5.74) is -1.19. The number of nitro groups is 2. The van der Waals surface area contributed by atoms with Crippen LogP contribution in [0.4, 0.5) is 11.4 Å². The molecule has 2 aromatic carbocycles. The smallest absolute Gasteiger partial charge is 0.332 e. The van der Waals surface area contributed by atoms with Gasteiger partial charge in [0.15, 0.2) is 0 Å². The Labute approximate surface area is 375 Å². The minimum absolute atomic E-state index is 0.113. The first kappa shape index (κ1) is 50.1. The number of hydrogen-bond donors (Lipinski definition) is 0. The van der Waals surface area contributed by atoms with Gasteiger partial charge in [-0.3, -0.25) is 39.4 Å². The SMILES string of the molecule is C[C@H](CSSC[C@@H](C)C(=O)N1C(c2cccc([N+](=O)[O-])c2)SC[C@H]1C(=O)OCOC(=O)C(C)(C)C)C(=O)N1C(c2cccc([N+](=O)[O-])c2)SC[C@H]1C(=O)OCOC(=O)C(C)(C)C. The zero-order valence-electron chi connectivity index (χ0n) is 35.5. The third kappa shape index (κ3) is 13.0. The number of esters is 4. The van der Waals surface area contributed by atoms with E-state index in [2.05, 4.69) is 0 Å². The van der Waals surface area contributed by atoms with E-state index in [1.165, 1.54) is 91.3 Å². The van der Waals surface area contributed by atoms with E-state index in [1.54, 1.807) is 67.5 Å². The molecule has 338 valence electrons. The molecule has 6 atom stereocenters. The lowest BCUT2D eigenvalue weighted by atomic mass is 9.97. The van der Waals surface area contributed by atoms with Gasteiger partial charge in [0.05, 0.1) is 20.7 Å². The van der Waals surface area contributed by atoms with Crippen molar-refractivity contribution in [3.05, 3.63) is 79.9 Å². The summed E-state index contributed by atoms with van der Waals surface area (Å²) >= 11 is 2.47. The highest BCUT2D eigenvalue weighted by Gasteiger charge is 2.46. The van der Waals surface area contributed by atoms with Crippen LogP contribution in [0.1, 0.15) is 77.3 Å². The summed E-state index contributed by atoms with van der Waals surface area (Å²) in [6, 6.07) is 9.40. The topological polar surface area (TPSA) is 232 Å². The quantitative estimate of drug-likeness (QED) is 0.0391. The van der Waals surface area contributed by atoms with E-state index in [0.717, 1.165) is 0 Å². The van der Waals surface area contributed by atoms with Crippen molar-refractivity contribution in [1.29, 1.82) is 0 Å². The molecule has 2 fully saturated rings. The van der Waals surface area contributed by atoms with Gasteiger partial charge in [0.2, 0.25) is 25.4 Å². The average molecular weight is 939 g/mol. The van der Waals surface area contributed by atoms with E-state index in [-0.39, 0.29) is 34.4 Å². The fraction of sp³-hybridized carbons (Fsp3) is 0.550. The highest BCUT2D eigenvalue weighted by molar-refractivity contribution is 8.76. The molecule has 2 aromatic rings. The molecule has 18 nitrogen and oxygen atoms in total. The van der Waals surface area contributed by atoms with Crippen molar-refractivity contribution in [2.45, 2.75) is 78.2 Å². The van der Waals surface area contributed by atoms with Gasteiger partial charge in [0.25, 0.3) is 11.4 Å². The van der Waals surface area contributed by atoms with Crippen LogP contribution in [0.15, 0.2) is 48.5 Å². The first-order valence-electron chi connectivity index (χ1n) is 19.3. The Morgan fingerprint density at radius 2 is 1.02 bits per heavy atom. The maximum Gasteiger partial charge on any atom is 0.332 e. The van der Waals surface area contributed by atoms with Crippen LogP contribution in [0.2, 0.25) is 0 Å². The van der Waals surface area contributed by atoms with E-state index in [9.17, 15) is 49.0 Å². The summed E-state index contributed by atoms with van der Waals surface area (Å²) in [5.74, 6) is -4.34. The molecule has 0 N–H and O–H groups in total. The van der Waals surface area contributed by atoms with Gasteiger partial charge in [-0.1, -0.05) is 59.7 Å². The van der Waals surface area contributed by atoms with E-state index < -0.39 is 105 Å². The molecule has 0 aliphatic carbocycles. The van der Waals surface area contributed by atoms with Gasteiger partial charge in [0.1, 0.15) is 22.8 Å². The lowest BCUT2D eigenvalue weighted by Crippen LogP contribution is -2.46. The predicted octanol–water partition coefficient (Wildman–Crippen LogP) is 6.92. The third-order valence-corrected chi connectivity index (χ3v) is 14.8. The number of thioether (sulfide) groups is 2. The fourth-order valence-corrected chi connectivity index (χ4v) is 11.4. The normalized spacial score (nSPS) is 19.9. The van der Waals surface area contributed by atoms with Crippen molar-refractivity contribution in [2.24, 2.45) is 22.7 Å². The molecule has 2 heterocycles. The summed E-state index contributed by atoms with van der Waals surface area (Å²) < 4.78 is 20.7. The van der Waals surface area contributed by atoms with Gasteiger partial charge in [-0.05, 0) is 52.7 Å². The molecule has 4 rings (SSSR count). The summed E-state index contributed by atoms with van der Waals surface area (Å²) in [5, 5.41) is 21.6. The second-order valence-electron chi connectivity index (χ2n) is 16.5. The number of carbonyl (C=O) groups is 6. The lowest BCUT2D eigenvalue weighted by molar-refractivity contribution is -0.385. The zero-order valence-corrected chi connectivity index (χ0v) is 38.7. The van der Waals surface area contributed by atoms with Crippen LogP contribution in [0.5, 0.6) is 0 Å². The highest BCUT2D eigenvalue weighted by atomic mass is 33.1. The molecule has 0 spiro atoms. The van der Waals surface area contributed by atoms with Gasteiger partial charge < -0.3 is 28.7 Å². The van der Waals surface area contributed by atoms with Crippen molar-refractivity contribution in [2.75, 3.05) is 36.6 Å². The Bertz CT molecular complexity index is 1880. The summed E-state index contributed by atoms with van der Waals surface area (Å²) in [6.45, 7) is 11.9. The number of nitro benzene ring substituents is 2. The predicted molar refractivity (Wildman–Crippen MR) is 234 cm³/mol. The Hall–Kier alpha value is -4.54. The van der Waals surface area contributed by atoms with E-state index in [4.69, 9.17) is 18.9 Å². The zero-order chi connectivity index (χ0) is 46.1. The number of ether oxygens (including phenoxy) is 4. The second kappa shape index (κ2) is 21.7. The minimum Gasteiger partial charge on any atom is -0.427 e. The number of carbonyl (C=O) groups excluding carboxylic acids is 6. The van der Waals surface area contributed by atoms with Gasteiger partial charge >= 0.3 is 23.9 Å². The molecular formula is C40H50N4O14S4. The second-order valence-corrected chi connectivity index (χ2v) is 21.3. The Morgan fingerprint density at radius 1 is 0.661 bits per heavy atom. The average Bonchev–Trinajstić information content (AvgIpc) is 3.87. The molecular weight excluding hydrogens is 889 g/mol. The number of rotatable bonds is 17. The highest BCUT2D eigenvalue weighted by Crippen LogP contribution is 2.45. The fourth-order valence-electron chi connectivity index (χ4n) is 5.87. The van der Waals surface area contributed by atoms with Crippen LogP contribution in [0, 0.1) is 42.9 Å². The van der Waals surface area contributed by atoms with Crippen molar-refractivity contribution in [1.82, 2.24) is 9.80 Å². The molecule has 2 aliphatic heterocycles. The molecule has 62 heavy (non-hydrogen) atoms. The maximum absolute atomic E-state index is 14.2. The van der Waals surface area contributed by atoms with Gasteiger partial charge in [-0.2, -0.15) is 0 Å². The molecule has 0 aromatic heterocycles. The molecule has 2 amide bonds. The number of benzene rings is 2. The van der Waals surface area contributed by atoms with E-state index in [1.807, 2.05) is 0 Å². The van der Waals surface area contributed by atoms with Gasteiger partial charge in [0, 0.05) is 59.1 Å². The Balaban J connectivity index is 1.44. The standard InChI is InChI=1S/C40H50N4O14S4/c1-23(31(45)41-29(35(47)55-21-57-37(49)39(3,4)5)19-59-33(41)25-11-9-13-27(15-25)43(51)52)17-61-62-18-24(2)32(46)42-30(36(48)56-22-58-38(50)40(6,7)8)20-60-34(42)26-12-10-14-28(16-26)44(53)54/h9-16,23-24,29-30,33-34H,17-22H2,1-8H3/t23-,24-,29+,30+,33?,34?/m1/s1. The molecule has 2 saturated heterocycles. The monoisotopic (exact) mass is 938 g/mol. The van der Waals surface area contributed by atoms with Crippen LogP contribution in [-0.2, 0) is 47.7 Å². The van der Waals surface area contributed by atoms with E-state index in [0.29, 0.717) is 11.1 Å². The largest absolute Gasteiger partial charge is 0.427 e. The molecule has 0 radical (unpaired) electrons. The Morgan fingerprint density at radius 3 is 1.34 bits per heavy atom.